The molecule has 0 saturated heterocycles. The molecule has 0 aliphatic carbocycles. The molecule has 7 heteroatoms. The van der Waals surface area contributed by atoms with Crippen LogP contribution in [0.1, 0.15) is 5.56 Å². The number of rotatable bonds is 1. The molecule has 90 valence electrons. The number of aromatic nitrogens is 1. The Morgan fingerprint density at radius 2 is 1.94 bits per heavy atom. The fourth-order valence-electron chi connectivity index (χ4n) is 1.30. The molecule has 1 N–H and O–H groups in total. The Bertz CT molecular complexity index is 602. The molecule has 2 aromatic heterocycles. The smallest absolute Gasteiger partial charge is 0.321 e. The number of H-pyrrole nitrogens is 1. The lowest BCUT2D eigenvalue weighted by Gasteiger charge is -2.07. The normalized spacial score (nSPS) is 11.8. The van der Waals surface area contributed by atoms with Crippen molar-refractivity contribution in [2.75, 3.05) is 0 Å². The van der Waals surface area contributed by atoms with Crippen LogP contribution in [0, 0.1) is 0 Å². The standard InChI is InChI=1S/C10H5ClF3NOS/c11-8-2-1-7(17-8)6-3-5(10(12,13)14)4-9(16)15-6/h1-4H,(H,15,16). The third-order valence-corrected chi connectivity index (χ3v) is 3.27. The molecule has 0 radical (unpaired) electrons. The maximum Gasteiger partial charge on any atom is 0.416 e. The van der Waals surface area contributed by atoms with Gasteiger partial charge in [0.15, 0.2) is 0 Å². The number of pyridine rings is 1. The van der Waals surface area contributed by atoms with Gasteiger partial charge in [0.25, 0.3) is 0 Å². The highest BCUT2D eigenvalue weighted by Gasteiger charge is 2.31. The third kappa shape index (κ3) is 2.70. The lowest BCUT2D eigenvalue weighted by molar-refractivity contribution is -0.137. The van der Waals surface area contributed by atoms with Crippen LogP contribution in [0.15, 0.2) is 29.1 Å². The van der Waals surface area contributed by atoms with Gasteiger partial charge in [0, 0.05) is 6.07 Å². The molecule has 2 heterocycles. The van der Waals surface area contributed by atoms with Crippen LogP contribution in [0.2, 0.25) is 4.34 Å². The average molecular weight is 280 g/mol. The van der Waals surface area contributed by atoms with Crippen LogP contribution in [0.4, 0.5) is 13.2 Å². The number of thiophene rings is 1. The van der Waals surface area contributed by atoms with Crippen molar-refractivity contribution in [2.45, 2.75) is 6.18 Å². The van der Waals surface area contributed by atoms with Crippen molar-refractivity contribution in [1.82, 2.24) is 4.98 Å². The van der Waals surface area contributed by atoms with Gasteiger partial charge in [-0.1, -0.05) is 11.6 Å². The van der Waals surface area contributed by atoms with Gasteiger partial charge in [0.1, 0.15) is 0 Å². The van der Waals surface area contributed by atoms with E-state index in [4.69, 9.17) is 11.6 Å². The Labute approximate surface area is 103 Å². The number of hydrogen-bond acceptors (Lipinski definition) is 2. The van der Waals surface area contributed by atoms with Gasteiger partial charge in [0.2, 0.25) is 5.56 Å². The predicted molar refractivity (Wildman–Crippen MR) is 60.4 cm³/mol. The summed E-state index contributed by atoms with van der Waals surface area (Å²) in [7, 11) is 0. The fraction of sp³-hybridized carbons (Fsp3) is 0.100. The van der Waals surface area contributed by atoms with Crippen LogP contribution in [-0.4, -0.2) is 4.98 Å². The first-order valence-corrected chi connectivity index (χ1v) is 5.63. The number of halogens is 4. The van der Waals surface area contributed by atoms with Crippen LogP contribution in [0.25, 0.3) is 10.6 Å². The molecule has 0 aliphatic rings. The highest BCUT2D eigenvalue weighted by atomic mass is 35.5. The van der Waals surface area contributed by atoms with E-state index in [-0.39, 0.29) is 5.69 Å². The van der Waals surface area contributed by atoms with Gasteiger partial charge >= 0.3 is 6.18 Å². The Morgan fingerprint density at radius 3 is 2.47 bits per heavy atom. The maximum absolute atomic E-state index is 12.5. The zero-order chi connectivity index (χ0) is 12.6. The third-order valence-electron chi connectivity index (χ3n) is 2.01. The van der Waals surface area contributed by atoms with Gasteiger partial charge in [-0.15, -0.1) is 11.3 Å². The van der Waals surface area contributed by atoms with Crippen molar-refractivity contribution < 1.29 is 13.2 Å². The zero-order valence-corrected chi connectivity index (χ0v) is 9.71. The molecule has 0 spiro atoms. The van der Waals surface area contributed by atoms with Crippen LogP contribution < -0.4 is 5.56 Å². The summed E-state index contributed by atoms with van der Waals surface area (Å²) in [6.07, 6.45) is -4.54. The molecule has 0 unspecified atom stereocenters. The number of hydrogen-bond donors (Lipinski definition) is 1. The molecule has 0 aliphatic heterocycles. The molecule has 0 amide bonds. The van der Waals surface area contributed by atoms with Crippen LogP contribution in [0.3, 0.4) is 0 Å². The van der Waals surface area contributed by atoms with Crippen molar-refractivity contribution >= 4 is 22.9 Å². The lowest BCUT2D eigenvalue weighted by atomic mass is 10.2. The monoisotopic (exact) mass is 279 g/mol. The minimum Gasteiger partial charge on any atom is -0.321 e. The summed E-state index contributed by atoms with van der Waals surface area (Å²) >= 11 is 6.78. The largest absolute Gasteiger partial charge is 0.416 e. The van der Waals surface area contributed by atoms with Gasteiger partial charge in [-0.05, 0) is 18.2 Å². The lowest BCUT2D eigenvalue weighted by Crippen LogP contribution is -2.13. The second kappa shape index (κ2) is 4.19. The molecule has 2 aromatic rings. The maximum atomic E-state index is 12.5. The quantitative estimate of drug-likeness (QED) is 0.847. The highest BCUT2D eigenvalue weighted by Crippen LogP contribution is 2.33. The molecular formula is C10H5ClF3NOS. The van der Waals surface area contributed by atoms with Gasteiger partial charge in [-0.2, -0.15) is 13.2 Å². The second-order valence-electron chi connectivity index (χ2n) is 3.25. The van der Waals surface area contributed by atoms with Crippen LogP contribution in [-0.2, 0) is 6.18 Å². The zero-order valence-electron chi connectivity index (χ0n) is 8.14. The van der Waals surface area contributed by atoms with Crippen molar-refractivity contribution in [3.05, 3.63) is 44.5 Å². The molecule has 0 aromatic carbocycles. The number of alkyl halides is 3. The Hall–Kier alpha value is -1.27. The van der Waals surface area contributed by atoms with E-state index < -0.39 is 17.3 Å². The molecule has 0 saturated carbocycles. The topological polar surface area (TPSA) is 32.9 Å². The summed E-state index contributed by atoms with van der Waals surface area (Å²) in [4.78, 5) is 14.0. The number of aromatic amines is 1. The summed E-state index contributed by atoms with van der Waals surface area (Å²) in [6.45, 7) is 0. The minimum atomic E-state index is -4.54. The molecule has 0 fully saturated rings. The Kier molecular flexibility index (Phi) is 3.01. The van der Waals surface area contributed by atoms with E-state index in [0.717, 1.165) is 17.4 Å². The van der Waals surface area contributed by atoms with Crippen LogP contribution in [0.5, 0.6) is 0 Å². The second-order valence-corrected chi connectivity index (χ2v) is 4.96. The molecule has 2 nitrogen and oxygen atoms in total. The van der Waals surface area contributed by atoms with Gasteiger partial charge in [-0.25, -0.2) is 0 Å². The Balaban J connectivity index is 2.57. The van der Waals surface area contributed by atoms with Crippen molar-refractivity contribution in [1.29, 1.82) is 0 Å². The van der Waals surface area contributed by atoms with E-state index in [9.17, 15) is 18.0 Å². The molecule has 0 bridgehead atoms. The van der Waals surface area contributed by atoms with E-state index in [1.54, 1.807) is 12.1 Å². The van der Waals surface area contributed by atoms with Gasteiger partial charge < -0.3 is 4.98 Å². The molecule has 0 atom stereocenters. The van der Waals surface area contributed by atoms with E-state index in [1.807, 2.05) is 0 Å². The summed E-state index contributed by atoms with van der Waals surface area (Å²) in [5, 5.41) is 0. The van der Waals surface area contributed by atoms with Crippen molar-refractivity contribution in [2.24, 2.45) is 0 Å². The van der Waals surface area contributed by atoms with Gasteiger partial charge in [-0.3, -0.25) is 4.79 Å². The summed E-state index contributed by atoms with van der Waals surface area (Å²) in [5.74, 6) is 0. The average Bonchev–Trinajstić information content (AvgIpc) is 2.62. The SMILES string of the molecule is O=c1cc(C(F)(F)F)cc(-c2ccc(Cl)s2)[nH]1. The first-order chi connectivity index (χ1) is 7.86. The summed E-state index contributed by atoms with van der Waals surface area (Å²) in [5.41, 5.74) is -1.65. The van der Waals surface area contributed by atoms with Crippen LogP contribution >= 0.6 is 22.9 Å². The van der Waals surface area contributed by atoms with Gasteiger partial charge in [0.05, 0.1) is 20.5 Å². The summed E-state index contributed by atoms with van der Waals surface area (Å²) in [6, 6.07) is 4.53. The summed E-state index contributed by atoms with van der Waals surface area (Å²) < 4.78 is 37.9. The van der Waals surface area contributed by atoms with E-state index in [0.29, 0.717) is 15.3 Å². The Morgan fingerprint density at radius 1 is 1.24 bits per heavy atom. The first-order valence-electron chi connectivity index (χ1n) is 4.43. The predicted octanol–water partition coefficient (Wildman–Crippen LogP) is 3.78. The van der Waals surface area contributed by atoms with E-state index in [2.05, 4.69) is 4.98 Å². The minimum absolute atomic E-state index is 0.113. The van der Waals surface area contributed by atoms with Crippen molar-refractivity contribution in [3.8, 4) is 10.6 Å². The molecule has 2 rings (SSSR count). The number of nitrogens with one attached hydrogen (secondary N) is 1. The first kappa shape index (κ1) is 12.2. The molecule has 17 heavy (non-hydrogen) atoms. The van der Waals surface area contributed by atoms with E-state index >= 15 is 0 Å². The van der Waals surface area contributed by atoms with Crippen molar-refractivity contribution in [3.63, 3.8) is 0 Å². The fourth-order valence-corrected chi connectivity index (χ4v) is 2.31. The van der Waals surface area contributed by atoms with E-state index in [1.165, 1.54) is 0 Å². The molecular weight excluding hydrogens is 275 g/mol. The highest BCUT2D eigenvalue weighted by molar-refractivity contribution is 7.19.